The maximum atomic E-state index is 13.1. The second kappa shape index (κ2) is 9.19. The second-order valence-electron chi connectivity index (χ2n) is 6.78. The molecule has 6 heteroatoms. The van der Waals surface area contributed by atoms with Gasteiger partial charge in [-0.25, -0.2) is 4.39 Å². The third kappa shape index (κ3) is 5.10. The minimum absolute atomic E-state index is 0.214. The molecular weight excluding hydrogens is 371 g/mol. The first kappa shape index (κ1) is 20.3. The van der Waals surface area contributed by atoms with Crippen LogP contribution < -0.4 is 11.1 Å². The van der Waals surface area contributed by atoms with Crippen molar-refractivity contribution in [1.82, 2.24) is 5.32 Å². The van der Waals surface area contributed by atoms with Gasteiger partial charge in [-0.2, -0.15) is 0 Å². The maximum Gasteiger partial charge on any atom is 0.252 e. The number of nitrogens with two attached hydrogens (primary N) is 1. The topological polar surface area (TPSA) is 85.3 Å². The van der Waals surface area contributed by atoms with E-state index in [1.807, 2.05) is 13.0 Å². The molecule has 1 heterocycles. The molecule has 5 nitrogen and oxygen atoms in total. The molecule has 0 bridgehead atoms. The molecule has 0 spiro atoms. The van der Waals surface area contributed by atoms with Crippen LogP contribution in [0.2, 0.25) is 0 Å². The fraction of sp³-hybridized carbons (Fsp3) is 0.217. The first-order valence-electron chi connectivity index (χ1n) is 9.48. The minimum atomic E-state index is -0.630. The van der Waals surface area contributed by atoms with Crippen molar-refractivity contribution < 1.29 is 18.4 Å². The Hall–Kier alpha value is -3.41. The molecule has 0 fully saturated rings. The van der Waals surface area contributed by atoms with Gasteiger partial charge in [0.05, 0.1) is 23.9 Å². The highest BCUT2D eigenvalue weighted by Gasteiger charge is 2.20. The molecule has 2 amide bonds. The molecule has 0 aliphatic heterocycles. The van der Waals surface area contributed by atoms with Gasteiger partial charge < -0.3 is 15.5 Å². The van der Waals surface area contributed by atoms with Crippen LogP contribution in [0.1, 0.15) is 50.1 Å². The Morgan fingerprint density at radius 1 is 1.07 bits per heavy atom. The second-order valence-corrected chi connectivity index (χ2v) is 6.78. The van der Waals surface area contributed by atoms with Crippen LogP contribution in [0.15, 0.2) is 59.2 Å². The molecule has 0 saturated heterocycles. The zero-order valence-electron chi connectivity index (χ0n) is 16.2. The normalized spacial score (nSPS) is 10.7. The van der Waals surface area contributed by atoms with Gasteiger partial charge in [-0.05, 0) is 66.3 Å². The van der Waals surface area contributed by atoms with Gasteiger partial charge in [-0.1, -0.05) is 25.1 Å². The third-order valence-electron chi connectivity index (χ3n) is 4.77. The van der Waals surface area contributed by atoms with E-state index in [0.717, 1.165) is 16.7 Å². The number of primary amides is 1. The van der Waals surface area contributed by atoms with Crippen molar-refractivity contribution >= 4 is 11.8 Å². The number of hydrogen-bond acceptors (Lipinski definition) is 3. The molecule has 0 aliphatic carbocycles. The van der Waals surface area contributed by atoms with Gasteiger partial charge in [0.1, 0.15) is 11.6 Å². The van der Waals surface area contributed by atoms with E-state index in [0.29, 0.717) is 25.0 Å². The number of aryl methyl sites for hydroxylation is 3. The highest BCUT2D eigenvalue weighted by molar-refractivity contribution is 6.07. The number of carbonyl (C=O) groups excluding carboxylic acids is 2. The van der Waals surface area contributed by atoms with E-state index in [1.165, 1.54) is 18.4 Å². The van der Waals surface area contributed by atoms with Crippen LogP contribution in [0.5, 0.6) is 0 Å². The first-order valence-corrected chi connectivity index (χ1v) is 9.48. The molecule has 29 heavy (non-hydrogen) atoms. The summed E-state index contributed by atoms with van der Waals surface area (Å²) in [5, 5.41) is 2.77. The fourth-order valence-electron chi connectivity index (χ4n) is 3.28. The third-order valence-corrected chi connectivity index (χ3v) is 4.77. The molecule has 0 saturated carbocycles. The van der Waals surface area contributed by atoms with Gasteiger partial charge in [0, 0.05) is 0 Å². The van der Waals surface area contributed by atoms with Gasteiger partial charge in [-0.15, -0.1) is 0 Å². The number of furan rings is 1. The van der Waals surface area contributed by atoms with Crippen molar-refractivity contribution in [3.05, 3.63) is 94.2 Å². The van der Waals surface area contributed by atoms with Crippen molar-refractivity contribution in [2.24, 2.45) is 5.73 Å². The van der Waals surface area contributed by atoms with Gasteiger partial charge in [-0.3, -0.25) is 9.59 Å². The summed E-state index contributed by atoms with van der Waals surface area (Å²) in [6, 6.07) is 13.4. The predicted molar refractivity (Wildman–Crippen MR) is 108 cm³/mol. The quantitative estimate of drug-likeness (QED) is 0.609. The largest absolute Gasteiger partial charge is 0.467 e. The lowest BCUT2D eigenvalue weighted by atomic mass is 9.92. The minimum Gasteiger partial charge on any atom is -0.467 e. The molecule has 2 aromatic carbocycles. The van der Waals surface area contributed by atoms with E-state index in [2.05, 4.69) is 5.32 Å². The van der Waals surface area contributed by atoms with Crippen LogP contribution in [0.3, 0.4) is 0 Å². The molecule has 3 aromatic rings. The number of nitrogens with one attached hydrogen (secondary N) is 1. The fourth-order valence-corrected chi connectivity index (χ4v) is 3.28. The number of hydrogen-bond donors (Lipinski definition) is 2. The average molecular weight is 394 g/mol. The van der Waals surface area contributed by atoms with Crippen LogP contribution in [-0.4, -0.2) is 11.8 Å². The maximum absolute atomic E-state index is 13.1. The summed E-state index contributed by atoms with van der Waals surface area (Å²) in [5.41, 5.74) is 8.73. The Morgan fingerprint density at radius 2 is 1.79 bits per heavy atom. The van der Waals surface area contributed by atoms with E-state index in [-0.39, 0.29) is 29.4 Å². The monoisotopic (exact) mass is 394 g/mol. The molecule has 0 unspecified atom stereocenters. The predicted octanol–water partition coefficient (Wildman–Crippen LogP) is 3.80. The summed E-state index contributed by atoms with van der Waals surface area (Å²) in [4.78, 5) is 24.8. The Balaban J connectivity index is 1.85. The van der Waals surface area contributed by atoms with Crippen molar-refractivity contribution in [3.63, 3.8) is 0 Å². The van der Waals surface area contributed by atoms with Crippen molar-refractivity contribution in [2.75, 3.05) is 0 Å². The Bertz CT molecular complexity index is 996. The number of halogens is 1. The van der Waals surface area contributed by atoms with Crippen LogP contribution >= 0.6 is 0 Å². The lowest BCUT2D eigenvalue weighted by Gasteiger charge is -2.14. The SMILES string of the molecule is CCc1cc(CCc2ccc(F)cc2)cc(C(=O)NCc2ccco2)c1C(N)=O. The molecule has 3 rings (SSSR count). The highest BCUT2D eigenvalue weighted by Crippen LogP contribution is 2.21. The summed E-state index contributed by atoms with van der Waals surface area (Å²) < 4.78 is 18.3. The first-order chi connectivity index (χ1) is 14.0. The van der Waals surface area contributed by atoms with E-state index < -0.39 is 5.91 Å². The summed E-state index contributed by atoms with van der Waals surface area (Å²) >= 11 is 0. The van der Waals surface area contributed by atoms with Crippen molar-refractivity contribution in [1.29, 1.82) is 0 Å². The van der Waals surface area contributed by atoms with Crippen LogP contribution in [0, 0.1) is 5.82 Å². The summed E-state index contributed by atoms with van der Waals surface area (Å²) in [7, 11) is 0. The number of amides is 2. The zero-order chi connectivity index (χ0) is 20.8. The van der Waals surface area contributed by atoms with Gasteiger partial charge >= 0.3 is 0 Å². The molecule has 150 valence electrons. The van der Waals surface area contributed by atoms with E-state index >= 15 is 0 Å². The van der Waals surface area contributed by atoms with Crippen molar-refractivity contribution in [2.45, 2.75) is 32.7 Å². The summed E-state index contributed by atoms with van der Waals surface area (Å²) in [6.45, 7) is 2.13. The van der Waals surface area contributed by atoms with Gasteiger partial charge in [0.2, 0.25) is 5.91 Å². The summed E-state index contributed by atoms with van der Waals surface area (Å²) in [5.74, 6) is -0.672. The lowest BCUT2D eigenvalue weighted by Crippen LogP contribution is -2.27. The molecule has 0 radical (unpaired) electrons. The zero-order valence-corrected chi connectivity index (χ0v) is 16.2. The standard InChI is InChI=1S/C23H23FN2O3/c1-2-17-12-16(6-5-15-7-9-18(24)10-8-15)13-20(21(17)22(25)27)23(28)26-14-19-4-3-11-29-19/h3-4,7-13H,2,5-6,14H2,1H3,(H2,25,27)(H,26,28). The molecule has 0 aliphatic rings. The smallest absolute Gasteiger partial charge is 0.252 e. The Labute approximate surface area is 168 Å². The molecule has 1 aromatic heterocycles. The van der Waals surface area contributed by atoms with Gasteiger partial charge in [0.25, 0.3) is 5.91 Å². The molecule has 3 N–H and O–H groups in total. The Kier molecular flexibility index (Phi) is 6.44. The van der Waals surface area contributed by atoms with E-state index in [1.54, 1.807) is 30.3 Å². The van der Waals surface area contributed by atoms with Crippen LogP contribution in [-0.2, 0) is 25.8 Å². The molecular formula is C23H23FN2O3. The lowest BCUT2D eigenvalue weighted by molar-refractivity contribution is 0.0931. The van der Waals surface area contributed by atoms with Crippen LogP contribution in [0.4, 0.5) is 4.39 Å². The van der Waals surface area contributed by atoms with Gasteiger partial charge in [0.15, 0.2) is 0 Å². The van der Waals surface area contributed by atoms with Crippen molar-refractivity contribution in [3.8, 4) is 0 Å². The van der Waals surface area contributed by atoms with E-state index in [9.17, 15) is 14.0 Å². The highest BCUT2D eigenvalue weighted by atomic mass is 19.1. The summed E-state index contributed by atoms with van der Waals surface area (Å²) in [6.07, 6.45) is 3.44. The Morgan fingerprint density at radius 3 is 2.41 bits per heavy atom. The van der Waals surface area contributed by atoms with Crippen LogP contribution in [0.25, 0.3) is 0 Å². The average Bonchev–Trinajstić information content (AvgIpc) is 3.24. The number of benzene rings is 2. The van der Waals surface area contributed by atoms with E-state index in [4.69, 9.17) is 10.2 Å². The number of rotatable bonds is 8. The number of carbonyl (C=O) groups is 2. The molecule has 0 atom stereocenters.